The lowest BCUT2D eigenvalue weighted by molar-refractivity contribution is -0.139. The molecule has 1 heterocycles. The van der Waals surface area contributed by atoms with Crippen molar-refractivity contribution < 1.29 is 19.4 Å². The number of para-hydroxylation sites is 1. The van der Waals surface area contributed by atoms with E-state index < -0.39 is 17.7 Å². The second kappa shape index (κ2) is 8.19. The molecule has 1 aliphatic heterocycles. The summed E-state index contributed by atoms with van der Waals surface area (Å²) in [6, 6.07) is 11.9. The number of aliphatic hydroxyl groups is 1. The number of hydrogen-bond donors (Lipinski definition) is 1. The summed E-state index contributed by atoms with van der Waals surface area (Å²) in [5, 5.41) is 11.0. The lowest BCUT2D eigenvalue weighted by Crippen LogP contribution is -2.30. The molecule has 1 fully saturated rings. The Kier molecular flexibility index (Phi) is 5.89. The average molecular weight is 444 g/mol. The zero-order chi connectivity index (χ0) is 20.4. The van der Waals surface area contributed by atoms with E-state index in [0.29, 0.717) is 29.8 Å². The molecule has 28 heavy (non-hydrogen) atoms. The fourth-order valence-electron chi connectivity index (χ4n) is 3.51. The zero-order valence-electron chi connectivity index (χ0n) is 16.0. The van der Waals surface area contributed by atoms with Crippen LogP contribution in [0.4, 0.5) is 0 Å². The van der Waals surface area contributed by atoms with Crippen LogP contribution in [0.5, 0.6) is 5.75 Å². The summed E-state index contributed by atoms with van der Waals surface area (Å²) in [6.45, 7) is 4.24. The van der Waals surface area contributed by atoms with Crippen LogP contribution >= 0.6 is 15.9 Å². The van der Waals surface area contributed by atoms with Crippen LogP contribution in [0.25, 0.3) is 5.76 Å². The number of ether oxygens (including phenoxy) is 1. The number of likely N-dealkylation sites (tertiary alicyclic amines) is 1. The Hall–Kier alpha value is -2.60. The van der Waals surface area contributed by atoms with Crippen molar-refractivity contribution in [3.05, 3.63) is 69.2 Å². The number of rotatable bonds is 5. The second-order valence-electron chi connectivity index (χ2n) is 6.70. The molecule has 1 aliphatic rings. The molecule has 5 nitrogen and oxygen atoms in total. The standard InChI is InChI=1S/C22H22BrNO4/c1-4-11-24-19(15-7-5-6-8-17(15)28-3)18(21(26)22(24)27)20(25)14-9-10-16(23)13(2)12-14/h5-10,12,19,25H,4,11H2,1-3H3/b20-18+. The molecule has 0 aromatic heterocycles. The molecule has 146 valence electrons. The minimum atomic E-state index is -0.694. The van der Waals surface area contributed by atoms with Gasteiger partial charge < -0.3 is 14.7 Å². The van der Waals surface area contributed by atoms with Gasteiger partial charge in [0.25, 0.3) is 11.7 Å². The topological polar surface area (TPSA) is 66.8 Å². The number of benzene rings is 2. The summed E-state index contributed by atoms with van der Waals surface area (Å²) in [6.07, 6.45) is 0.691. The number of aryl methyl sites for hydroxylation is 1. The molecule has 1 saturated heterocycles. The zero-order valence-corrected chi connectivity index (χ0v) is 17.6. The highest BCUT2D eigenvalue weighted by Crippen LogP contribution is 2.42. The summed E-state index contributed by atoms with van der Waals surface area (Å²) in [7, 11) is 1.54. The Morgan fingerprint density at radius 1 is 1.21 bits per heavy atom. The van der Waals surface area contributed by atoms with Crippen molar-refractivity contribution in [3.63, 3.8) is 0 Å². The molecule has 0 radical (unpaired) electrons. The number of carbonyl (C=O) groups is 2. The molecule has 2 aromatic rings. The Bertz CT molecular complexity index is 967. The maximum atomic E-state index is 12.9. The number of hydrogen-bond acceptors (Lipinski definition) is 4. The van der Waals surface area contributed by atoms with E-state index in [4.69, 9.17) is 4.74 Å². The van der Waals surface area contributed by atoms with Gasteiger partial charge in [-0.1, -0.05) is 47.1 Å². The van der Waals surface area contributed by atoms with Crippen molar-refractivity contribution in [1.82, 2.24) is 4.90 Å². The van der Waals surface area contributed by atoms with Gasteiger partial charge >= 0.3 is 0 Å². The van der Waals surface area contributed by atoms with Crippen LogP contribution in [0, 0.1) is 6.92 Å². The highest BCUT2D eigenvalue weighted by molar-refractivity contribution is 9.10. The highest BCUT2D eigenvalue weighted by Gasteiger charge is 2.46. The molecule has 1 unspecified atom stereocenters. The normalized spacial score (nSPS) is 18.6. The number of aliphatic hydroxyl groups excluding tert-OH is 1. The first-order valence-electron chi connectivity index (χ1n) is 9.08. The number of amides is 1. The highest BCUT2D eigenvalue weighted by atomic mass is 79.9. The van der Waals surface area contributed by atoms with E-state index in [1.807, 2.05) is 38.1 Å². The molecule has 3 rings (SSSR count). The first-order chi connectivity index (χ1) is 13.4. The Morgan fingerprint density at radius 2 is 1.93 bits per heavy atom. The number of halogens is 1. The monoisotopic (exact) mass is 443 g/mol. The number of methoxy groups -OCH3 is 1. The Labute approximate surface area is 172 Å². The maximum Gasteiger partial charge on any atom is 0.295 e. The summed E-state index contributed by atoms with van der Waals surface area (Å²) in [5.41, 5.74) is 2.17. The van der Waals surface area contributed by atoms with Gasteiger partial charge in [0.2, 0.25) is 0 Å². The van der Waals surface area contributed by atoms with Crippen LogP contribution in [0.15, 0.2) is 52.5 Å². The van der Waals surface area contributed by atoms with Crippen molar-refractivity contribution in [1.29, 1.82) is 0 Å². The first-order valence-corrected chi connectivity index (χ1v) is 9.87. The molecular weight excluding hydrogens is 422 g/mol. The summed E-state index contributed by atoms with van der Waals surface area (Å²) >= 11 is 3.44. The predicted octanol–water partition coefficient (Wildman–Crippen LogP) is 4.60. The minimum Gasteiger partial charge on any atom is -0.507 e. The number of ketones is 1. The van der Waals surface area contributed by atoms with Gasteiger partial charge in [-0.05, 0) is 37.1 Å². The fourth-order valence-corrected chi connectivity index (χ4v) is 3.76. The quantitative estimate of drug-likeness (QED) is 0.416. The van der Waals surface area contributed by atoms with E-state index in [-0.39, 0.29) is 11.3 Å². The smallest absolute Gasteiger partial charge is 0.295 e. The third-order valence-electron chi connectivity index (χ3n) is 4.87. The molecule has 1 atom stereocenters. The van der Waals surface area contributed by atoms with Gasteiger partial charge in [0.05, 0.1) is 18.7 Å². The van der Waals surface area contributed by atoms with Gasteiger partial charge in [0.1, 0.15) is 11.5 Å². The third-order valence-corrected chi connectivity index (χ3v) is 5.76. The summed E-state index contributed by atoms with van der Waals surface area (Å²) in [5.74, 6) is -0.896. The molecular formula is C22H22BrNO4. The van der Waals surface area contributed by atoms with Crippen LogP contribution in [0.3, 0.4) is 0 Å². The van der Waals surface area contributed by atoms with Crippen LogP contribution in [-0.4, -0.2) is 35.4 Å². The SMILES string of the molecule is CCCN1C(=O)C(=O)/C(=C(/O)c2ccc(Br)c(C)c2)C1c1ccccc1OC. The molecule has 0 spiro atoms. The summed E-state index contributed by atoms with van der Waals surface area (Å²) < 4.78 is 6.36. The van der Waals surface area contributed by atoms with E-state index in [1.54, 1.807) is 25.3 Å². The van der Waals surface area contributed by atoms with Crippen molar-refractivity contribution >= 4 is 33.4 Å². The van der Waals surface area contributed by atoms with Crippen molar-refractivity contribution in [3.8, 4) is 5.75 Å². The van der Waals surface area contributed by atoms with Gasteiger partial charge in [-0.2, -0.15) is 0 Å². The van der Waals surface area contributed by atoms with Gasteiger partial charge in [0, 0.05) is 22.1 Å². The molecule has 2 aromatic carbocycles. The maximum absolute atomic E-state index is 12.9. The lowest BCUT2D eigenvalue weighted by atomic mass is 9.94. The Morgan fingerprint density at radius 3 is 2.57 bits per heavy atom. The van der Waals surface area contributed by atoms with Gasteiger partial charge in [-0.25, -0.2) is 0 Å². The minimum absolute atomic E-state index is 0.0877. The van der Waals surface area contributed by atoms with Gasteiger partial charge in [-0.3, -0.25) is 9.59 Å². The van der Waals surface area contributed by atoms with E-state index >= 15 is 0 Å². The molecule has 6 heteroatoms. The van der Waals surface area contributed by atoms with Gasteiger partial charge in [0.15, 0.2) is 0 Å². The first kappa shape index (κ1) is 20.1. The fraction of sp³-hybridized carbons (Fsp3) is 0.273. The predicted molar refractivity (Wildman–Crippen MR) is 111 cm³/mol. The van der Waals surface area contributed by atoms with Crippen LogP contribution in [0.1, 0.15) is 36.1 Å². The molecule has 0 aliphatic carbocycles. The van der Waals surface area contributed by atoms with Gasteiger partial charge in [-0.15, -0.1) is 0 Å². The molecule has 1 N–H and O–H groups in total. The molecule has 1 amide bonds. The lowest BCUT2D eigenvalue weighted by Gasteiger charge is -2.26. The molecule has 0 bridgehead atoms. The number of nitrogens with zero attached hydrogens (tertiary/aromatic N) is 1. The van der Waals surface area contributed by atoms with Crippen LogP contribution in [0.2, 0.25) is 0 Å². The van der Waals surface area contributed by atoms with Crippen molar-refractivity contribution in [2.24, 2.45) is 0 Å². The van der Waals surface area contributed by atoms with Crippen LogP contribution < -0.4 is 4.74 Å². The largest absolute Gasteiger partial charge is 0.507 e. The van der Waals surface area contributed by atoms with E-state index in [9.17, 15) is 14.7 Å². The third kappa shape index (κ3) is 3.44. The Balaban J connectivity index is 2.24. The van der Waals surface area contributed by atoms with Crippen molar-refractivity contribution in [2.75, 3.05) is 13.7 Å². The number of Topliss-reactive ketones (excluding diaryl/α,β-unsaturated/α-hetero) is 1. The average Bonchev–Trinajstić information content (AvgIpc) is 2.94. The number of carbonyl (C=O) groups excluding carboxylic acids is 2. The second-order valence-corrected chi connectivity index (χ2v) is 7.55. The van der Waals surface area contributed by atoms with Crippen LogP contribution in [-0.2, 0) is 9.59 Å². The molecule has 0 saturated carbocycles. The summed E-state index contributed by atoms with van der Waals surface area (Å²) in [4.78, 5) is 27.1. The van der Waals surface area contributed by atoms with Crippen molar-refractivity contribution in [2.45, 2.75) is 26.3 Å². The van der Waals surface area contributed by atoms with E-state index in [0.717, 1.165) is 10.0 Å². The van der Waals surface area contributed by atoms with E-state index in [1.165, 1.54) is 4.90 Å². The van der Waals surface area contributed by atoms with E-state index in [2.05, 4.69) is 15.9 Å².